The Bertz CT molecular complexity index is 467. The van der Waals surface area contributed by atoms with E-state index in [1.165, 1.54) is 12.5 Å². The first-order valence-corrected chi connectivity index (χ1v) is 8.82. The standard InChI is InChI=1S/C19H32N2O4/c1-5-7-9-16(6-2)13-24-14-18(22)15-25-19(23)17(12-20)10-8-11-21(3)4/h8,10-11,16,18,22H,5-7,9,13-15H2,1-4H3/b11-8+,17-10+. The first kappa shape index (κ1) is 23.2. The summed E-state index contributed by atoms with van der Waals surface area (Å²) >= 11 is 0. The summed E-state index contributed by atoms with van der Waals surface area (Å²) in [4.78, 5) is 13.6. The fourth-order valence-electron chi connectivity index (χ4n) is 2.03. The Morgan fingerprint density at radius 2 is 2.00 bits per heavy atom. The molecule has 0 aromatic rings. The van der Waals surface area contributed by atoms with Gasteiger partial charge in [0.2, 0.25) is 0 Å². The van der Waals surface area contributed by atoms with Crippen LogP contribution in [0.3, 0.4) is 0 Å². The lowest BCUT2D eigenvalue weighted by Gasteiger charge is -2.16. The SMILES string of the molecule is CCCCC(CC)COCC(O)COC(=O)/C(C#N)=C/C=C/N(C)C. The highest BCUT2D eigenvalue weighted by Crippen LogP contribution is 2.13. The summed E-state index contributed by atoms with van der Waals surface area (Å²) in [5, 5.41) is 18.8. The van der Waals surface area contributed by atoms with Crippen LogP contribution in [-0.2, 0) is 14.3 Å². The molecule has 1 N–H and O–H groups in total. The Balaban J connectivity index is 4.16. The molecule has 0 fully saturated rings. The van der Waals surface area contributed by atoms with Crippen molar-refractivity contribution in [1.82, 2.24) is 4.90 Å². The number of carbonyl (C=O) groups excluding carboxylic acids is 1. The summed E-state index contributed by atoms with van der Waals surface area (Å²) < 4.78 is 10.5. The van der Waals surface area contributed by atoms with Gasteiger partial charge in [-0.05, 0) is 30.7 Å². The quantitative estimate of drug-likeness (QED) is 0.237. The minimum atomic E-state index is -0.898. The molecule has 0 saturated carbocycles. The number of allylic oxidation sites excluding steroid dienone is 2. The van der Waals surface area contributed by atoms with Crippen LogP contribution in [0.1, 0.15) is 39.5 Å². The van der Waals surface area contributed by atoms with Gasteiger partial charge in [-0.15, -0.1) is 0 Å². The third kappa shape index (κ3) is 12.2. The van der Waals surface area contributed by atoms with E-state index in [4.69, 9.17) is 14.7 Å². The van der Waals surface area contributed by atoms with Crippen LogP contribution in [-0.4, -0.2) is 56.0 Å². The highest BCUT2D eigenvalue weighted by molar-refractivity contribution is 5.93. The zero-order chi connectivity index (χ0) is 19.1. The van der Waals surface area contributed by atoms with Gasteiger partial charge in [-0.3, -0.25) is 0 Å². The number of ether oxygens (including phenoxy) is 2. The molecular formula is C19H32N2O4. The van der Waals surface area contributed by atoms with Gasteiger partial charge in [0.1, 0.15) is 24.4 Å². The molecule has 0 radical (unpaired) electrons. The average molecular weight is 352 g/mol. The first-order chi connectivity index (χ1) is 11.9. The van der Waals surface area contributed by atoms with Crippen molar-refractivity contribution in [1.29, 1.82) is 5.26 Å². The lowest BCUT2D eigenvalue weighted by atomic mass is 10.0. The predicted octanol–water partition coefficient (Wildman–Crippen LogP) is 2.65. The monoisotopic (exact) mass is 352 g/mol. The molecule has 0 aliphatic rings. The Morgan fingerprint density at radius 3 is 2.56 bits per heavy atom. The second kappa shape index (κ2) is 14.5. The maximum Gasteiger partial charge on any atom is 0.348 e. The van der Waals surface area contributed by atoms with Crippen LogP contribution in [0, 0.1) is 17.2 Å². The van der Waals surface area contributed by atoms with Gasteiger partial charge in [0, 0.05) is 20.7 Å². The number of esters is 1. The Morgan fingerprint density at radius 1 is 1.28 bits per heavy atom. The predicted molar refractivity (Wildman–Crippen MR) is 97.6 cm³/mol. The van der Waals surface area contributed by atoms with Crippen LogP contribution in [0.5, 0.6) is 0 Å². The van der Waals surface area contributed by atoms with E-state index < -0.39 is 12.1 Å². The molecule has 0 saturated heterocycles. The number of hydrogen-bond donors (Lipinski definition) is 1. The number of carbonyl (C=O) groups is 1. The fraction of sp³-hybridized carbons (Fsp3) is 0.684. The van der Waals surface area contributed by atoms with Gasteiger partial charge in [0.05, 0.1) is 6.61 Å². The lowest BCUT2D eigenvalue weighted by molar-refractivity contribution is -0.142. The van der Waals surface area contributed by atoms with Crippen LogP contribution >= 0.6 is 0 Å². The highest BCUT2D eigenvalue weighted by Gasteiger charge is 2.14. The van der Waals surface area contributed by atoms with Gasteiger partial charge >= 0.3 is 5.97 Å². The van der Waals surface area contributed by atoms with E-state index in [1.807, 2.05) is 14.1 Å². The Labute approximate surface area is 151 Å². The van der Waals surface area contributed by atoms with Crippen LogP contribution in [0.15, 0.2) is 23.9 Å². The largest absolute Gasteiger partial charge is 0.459 e. The van der Waals surface area contributed by atoms with E-state index in [9.17, 15) is 9.90 Å². The van der Waals surface area contributed by atoms with Crippen molar-refractivity contribution < 1.29 is 19.4 Å². The Hall–Kier alpha value is -1.84. The molecule has 25 heavy (non-hydrogen) atoms. The number of aliphatic hydroxyl groups excluding tert-OH is 1. The summed E-state index contributed by atoms with van der Waals surface area (Å²) in [5.41, 5.74) is -0.114. The molecule has 6 nitrogen and oxygen atoms in total. The molecule has 0 aliphatic carbocycles. The summed E-state index contributed by atoms with van der Waals surface area (Å²) in [7, 11) is 3.66. The van der Waals surface area contributed by atoms with Gasteiger partial charge in [0.25, 0.3) is 0 Å². The summed E-state index contributed by atoms with van der Waals surface area (Å²) in [6, 6.07) is 1.79. The third-order valence-electron chi connectivity index (χ3n) is 3.60. The smallest absolute Gasteiger partial charge is 0.348 e. The number of aliphatic hydroxyl groups is 1. The normalized spacial score (nSPS) is 14.2. The summed E-state index contributed by atoms with van der Waals surface area (Å²) in [5.74, 6) is -0.259. The van der Waals surface area contributed by atoms with E-state index >= 15 is 0 Å². The molecule has 0 heterocycles. The van der Waals surface area contributed by atoms with Crippen molar-refractivity contribution in [2.45, 2.75) is 45.6 Å². The molecule has 2 unspecified atom stereocenters. The molecule has 0 spiro atoms. The van der Waals surface area contributed by atoms with Crippen LogP contribution in [0.2, 0.25) is 0 Å². The molecule has 0 aromatic carbocycles. The lowest BCUT2D eigenvalue weighted by Crippen LogP contribution is -2.25. The molecule has 0 bridgehead atoms. The molecule has 142 valence electrons. The number of unbranched alkanes of at least 4 members (excludes halogenated alkanes) is 1. The van der Waals surface area contributed by atoms with Crippen molar-refractivity contribution in [2.75, 3.05) is 33.9 Å². The van der Waals surface area contributed by atoms with Crippen LogP contribution < -0.4 is 0 Å². The molecule has 2 atom stereocenters. The maximum absolute atomic E-state index is 11.8. The van der Waals surface area contributed by atoms with E-state index in [0.29, 0.717) is 12.5 Å². The third-order valence-corrected chi connectivity index (χ3v) is 3.60. The highest BCUT2D eigenvalue weighted by atomic mass is 16.5. The molecule has 0 aromatic heterocycles. The summed E-state index contributed by atoms with van der Waals surface area (Å²) in [6.07, 6.45) is 8.27. The van der Waals surface area contributed by atoms with Gasteiger partial charge < -0.3 is 19.5 Å². The molecule has 0 amide bonds. The second-order valence-electron chi connectivity index (χ2n) is 6.20. The molecule has 6 heteroatoms. The number of nitriles is 1. The zero-order valence-electron chi connectivity index (χ0n) is 15.9. The van der Waals surface area contributed by atoms with Gasteiger partial charge in [-0.25, -0.2) is 4.79 Å². The number of nitrogens with zero attached hydrogens (tertiary/aromatic N) is 2. The van der Waals surface area contributed by atoms with Gasteiger partial charge in [-0.1, -0.05) is 33.1 Å². The van der Waals surface area contributed by atoms with Crippen LogP contribution in [0.25, 0.3) is 0 Å². The van der Waals surface area contributed by atoms with Gasteiger partial charge in [-0.2, -0.15) is 5.26 Å². The Kier molecular flexibility index (Phi) is 13.4. The van der Waals surface area contributed by atoms with Gasteiger partial charge in [0.15, 0.2) is 0 Å². The number of hydrogen-bond acceptors (Lipinski definition) is 6. The second-order valence-corrected chi connectivity index (χ2v) is 6.20. The van der Waals surface area contributed by atoms with Crippen molar-refractivity contribution >= 4 is 5.97 Å². The summed E-state index contributed by atoms with van der Waals surface area (Å²) in [6.45, 7) is 4.80. The van der Waals surface area contributed by atoms with Crippen molar-refractivity contribution in [3.05, 3.63) is 23.9 Å². The average Bonchev–Trinajstić information content (AvgIpc) is 2.59. The fourth-order valence-corrected chi connectivity index (χ4v) is 2.03. The minimum absolute atomic E-state index is 0.113. The van der Waals surface area contributed by atoms with Crippen molar-refractivity contribution in [2.24, 2.45) is 5.92 Å². The zero-order valence-corrected chi connectivity index (χ0v) is 15.9. The van der Waals surface area contributed by atoms with Crippen molar-refractivity contribution in [3.63, 3.8) is 0 Å². The molecule has 0 aliphatic heterocycles. The van der Waals surface area contributed by atoms with E-state index in [0.717, 1.165) is 19.3 Å². The molecule has 0 rings (SSSR count). The maximum atomic E-state index is 11.8. The number of rotatable bonds is 13. The first-order valence-electron chi connectivity index (χ1n) is 8.82. The van der Waals surface area contributed by atoms with E-state index in [-0.39, 0.29) is 18.8 Å². The van der Waals surface area contributed by atoms with E-state index in [1.54, 1.807) is 23.2 Å². The van der Waals surface area contributed by atoms with Crippen LogP contribution in [0.4, 0.5) is 0 Å². The van der Waals surface area contributed by atoms with Crippen molar-refractivity contribution in [3.8, 4) is 6.07 Å². The molecular weight excluding hydrogens is 320 g/mol. The van der Waals surface area contributed by atoms with E-state index in [2.05, 4.69) is 13.8 Å². The minimum Gasteiger partial charge on any atom is -0.459 e. The topological polar surface area (TPSA) is 82.8 Å².